The molecule has 32 heavy (non-hydrogen) atoms. The minimum atomic E-state index is -0.709. The lowest BCUT2D eigenvalue weighted by molar-refractivity contribution is -0.170. The molecule has 1 unspecified atom stereocenters. The highest BCUT2D eigenvalue weighted by Gasteiger charge is 2.37. The van der Waals surface area contributed by atoms with E-state index in [1.807, 2.05) is 18.2 Å². The number of ether oxygens (including phenoxy) is 4. The minimum absolute atomic E-state index is 0.0782. The summed E-state index contributed by atoms with van der Waals surface area (Å²) in [5.74, 6) is 0. The molecule has 0 bridgehead atoms. The van der Waals surface area contributed by atoms with E-state index in [4.69, 9.17) is 18.9 Å². The first kappa shape index (κ1) is 22.7. The van der Waals surface area contributed by atoms with Crippen LogP contribution in [0.3, 0.4) is 0 Å². The molecule has 168 valence electrons. The Labute approximate surface area is 191 Å². The average Bonchev–Trinajstić information content (AvgIpc) is 2.88. The van der Waals surface area contributed by atoms with E-state index in [9.17, 15) is 0 Å². The van der Waals surface area contributed by atoms with E-state index in [0.717, 1.165) is 36.1 Å². The third kappa shape index (κ3) is 5.64. The molecule has 0 saturated carbocycles. The predicted octanol–water partition coefficient (Wildman–Crippen LogP) is 5.55. The predicted molar refractivity (Wildman–Crippen MR) is 126 cm³/mol. The molecule has 0 N–H and O–H groups in total. The first-order valence-corrected chi connectivity index (χ1v) is 11.5. The molecule has 1 heterocycles. The van der Waals surface area contributed by atoms with E-state index in [1.54, 1.807) is 0 Å². The normalized spacial score (nSPS) is 16.7. The third-order valence-corrected chi connectivity index (χ3v) is 5.76. The SMILES string of the molecule is c1ccc(C(OCCOCCOC2CCCCO2)(c2ccccc2)c2ccccc2)cc1. The average molecular weight is 433 g/mol. The fourth-order valence-electron chi connectivity index (χ4n) is 4.21. The summed E-state index contributed by atoms with van der Waals surface area (Å²) in [6.07, 6.45) is 3.18. The van der Waals surface area contributed by atoms with Crippen molar-refractivity contribution in [2.24, 2.45) is 0 Å². The summed E-state index contributed by atoms with van der Waals surface area (Å²) in [6.45, 7) is 2.80. The molecule has 1 saturated heterocycles. The Morgan fingerprint density at radius 1 is 0.656 bits per heavy atom. The lowest BCUT2D eigenvalue weighted by atomic mass is 9.80. The van der Waals surface area contributed by atoms with Crippen molar-refractivity contribution in [1.82, 2.24) is 0 Å². The molecular weight excluding hydrogens is 400 g/mol. The van der Waals surface area contributed by atoms with Crippen LogP contribution >= 0.6 is 0 Å². The smallest absolute Gasteiger partial charge is 0.157 e. The lowest BCUT2D eigenvalue weighted by Crippen LogP contribution is -2.34. The first-order valence-electron chi connectivity index (χ1n) is 11.5. The van der Waals surface area contributed by atoms with Crippen LogP contribution in [0.25, 0.3) is 0 Å². The summed E-state index contributed by atoms with van der Waals surface area (Å²) in [6, 6.07) is 31.2. The van der Waals surface area contributed by atoms with Gasteiger partial charge in [-0.15, -0.1) is 0 Å². The Morgan fingerprint density at radius 2 is 1.19 bits per heavy atom. The van der Waals surface area contributed by atoms with Gasteiger partial charge in [-0.05, 0) is 36.0 Å². The van der Waals surface area contributed by atoms with E-state index in [2.05, 4.69) is 72.8 Å². The Hall–Kier alpha value is -2.50. The molecule has 3 aromatic carbocycles. The van der Waals surface area contributed by atoms with Crippen molar-refractivity contribution >= 4 is 0 Å². The van der Waals surface area contributed by atoms with Gasteiger partial charge in [-0.25, -0.2) is 0 Å². The van der Waals surface area contributed by atoms with Gasteiger partial charge in [0.15, 0.2) is 6.29 Å². The van der Waals surface area contributed by atoms with Gasteiger partial charge in [-0.1, -0.05) is 91.0 Å². The fourth-order valence-corrected chi connectivity index (χ4v) is 4.21. The maximum absolute atomic E-state index is 6.69. The Bertz CT molecular complexity index is 796. The monoisotopic (exact) mass is 432 g/mol. The second-order valence-electron chi connectivity index (χ2n) is 7.91. The molecule has 0 spiro atoms. The lowest BCUT2D eigenvalue weighted by Gasteiger charge is -2.36. The summed E-state index contributed by atoms with van der Waals surface area (Å²) >= 11 is 0. The standard InChI is InChI=1S/C28H32O4/c1-4-12-24(13-5-1)28(25-14-6-2-7-15-25,26-16-8-3-9-17-26)32-23-21-29-20-22-31-27-18-10-11-19-30-27/h1-9,12-17,27H,10-11,18-23H2. The number of hydrogen-bond donors (Lipinski definition) is 0. The van der Waals surface area contributed by atoms with Crippen LogP contribution in [-0.4, -0.2) is 39.3 Å². The van der Waals surface area contributed by atoms with E-state index in [0.29, 0.717) is 26.4 Å². The molecule has 1 fully saturated rings. The molecule has 4 rings (SSSR count). The molecule has 1 aliphatic heterocycles. The zero-order valence-corrected chi connectivity index (χ0v) is 18.5. The van der Waals surface area contributed by atoms with Gasteiger partial charge < -0.3 is 18.9 Å². The van der Waals surface area contributed by atoms with Gasteiger partial charge in [-0.3, -0.25) is 0 Å². The summed E-state index contributed by atoms with van der Waals surface area (Å²) in [5, 5.41) is 0. The van der Waals surface area contributed by atoms with Crippen molar-refractivity contribution in [2.75, 3.05) is 33.0 Å². The van der Waals surface area contributed by atoms with Crippen LogP contribution in [0.2, 0.25) is 0 Å². The van der Waals surface area contributed by atoms with Crippen molar-refractivity contribution in [2.45, 2.75) is 31.2 Å². The Kier molecular flexibility index (Phi) is 8.46. The molecule has 4 nitrogen and oxygen atoms in total. The van der Waals surface area contributed by atoms with Crippen LogP contribution in [0.4, 0.5) is 0 Å². The zero-order chi connectivity index (χ0) is 21.9. The summed E-state index contributed by atoms with van der Waals surface area (Å²) < 4.78 is 23.9. The van der Waals surface area contributed by atoms with Gasteiger partial charge in [0.25, 0.3) is 0 Å². The molecule has 3 aromatic rings. The van der Waals surface area contributed by atoms with Gasteiger partial charge in [-0.2, -0.15) is 0 Å². The van der Waals surface area contributed by atoms with Crippen molar-refractivity contribution in [1.29, 1.82) is 0 Å². The van der Waals surface area contributed by atoms with Crippen LogP contribution in [0.5, 0.6) is 0 Å². The molecule has 0 amide bonds. The first-order chi connectivity index (χ1) is 15.9. The fraction of sp³-hybridized carbons (Fsp3) is 0.357. The van der Waals surface area contributed by atoms with Crippen molar-refractivity contribution < 1.29 is 18.9 Å². The van der Waals surface area contributed by atoms with Gasteiger partial charge in [0, 0.05) is 6.61 Å². The van der Waals surface area contributed by atoms with E-state index in [-0.39, 0.29) is 6.29 Å². The number of benzene rings is 3. The highest BCUT2D eigenvalue weighted by atomic mass is 16.7. The van der Waals surface area contributed by atoms with Crippen LogP contribution in [-0.2, 0) is 24.5 Å². The summed E-state index contributed by atoms with van der Waals surface area (Å²) in [4.78, 5) is 0. The topological polar surface area (TPSA) is 36.9 Å². The van der Waals surface area contributed by atoms with Crippen molar-refractivity contribution in [3.63, 3.8) is 0 Å². The van der Waals surface area contributed by atoms with Gasteiger partial charge in [0.05, 0.1) is 26.4 Å². The molecule has 0 radical (unpaired) electrons. The quantitative estimate of drug-likeness (QED) is 0.294. The highest BCUT2D eigenvalue weighted by Crippen LogP contribution is 2.40. The van der Waals surface area contributed by atoms with Crippen LogP contribution in [0.1, 0.15) is 36.0 Å². The van der Waals surface area contributed by atoms with E-state index >= 15 is 0 Å². The Balaban J connectivity index is 1.44. The largest absolute Gasteiger partial charge is 0.377 e. The molecular formula is C28H32O4. The second-order valence-corrected chi connectivity index (χ2v) is 7.91. The number of rotatable bonds is 11. The molecule has 0 aliphatic carbocycles. The van der Waals surface area contributed by atoms with Gasteiger partial charge in [0.2, 0.25) is 0 Å². The maximum atomic E-state index is 6.69. The van der Waals surface area contributed by atoms with Crippen LogP contribution in [0, 0.1) is 0 Å². The molecule has 4 heteroatoms. The Morgan fingerprint density at radius 3 is 1.69 bits per heavy atom. The minimum Gasteiger partial charge on any atom is -0.377 e. The molecule has 1 aliphatic rings. The maximum Gasteiger partial charge on any atom is 0.157 e. The summed E-state index contributed by atoms with van der Waals surface area (Å²) in [5.41, 5.74) is 2.57. The zero-order valence-electron chi connectivity index (χ0n) is 18.5. The molecule has 1 atom stereocenters. The number of hydrogen-bond acceptors (Lipinski definition) is 4. The van der Waals surface area contributed by atoms with E-state index < -0.39 is 5.60 Å². The highest BCUT2D eigenvalue weighted by molar-refractivity contribution is 5.47. The second kappa shape index (κ2) is 11.9. The van der Waals surface area contributed by atoms with E-state index in [1.165, 1.54) is 6.42 Å². The van der Waals surface area contributed by atoms with Crippen molar-refractivity contribution in [3.8, 4) is 0 Å². The van der Waals surface area contributed by atoms with Crippen LogP contribution < -0.4 is 0 Å². The van der Waals surface area contributed by atoms with Crippen molar-refractivity contribution in [3.05, 3.63) is 108 Å². The van der Waals surface area contributed by atoms with Crippen LogP contribution in [0.15, 0.2) is 91.0 Å². The molecule has 0 aromatic heterocycles. The summed E-state index contributed by atoms with van der Waals surface area (Å²) in [7, 11) is 0. The third-order valence-electron chi connectivity index (χ3n) is 5.76. The van der Waals surface area contributed by atoms with Gasteiger partial charge in [0.1, 0.15) is 5.60 Å². The van der Waals surface area contributed by atoms with Gasteiger partial charge >= 0.3 is 0 Å².